The zero-order valence-electron chi connectivity index (χ0n) is 19.8. The van der Waals surface area contributed by atoms with E-state index in [1.807, 2.05) is 92.7 Å². The summed E-state index contributed by atoms with van der Waals surface area (Å²) in [6.07, 6.45) is 1.20. The summed E-state index contributed by atoms with van der Waals surface area (Å²) in [5.74, 6) is 2.15. The van der Waals surface area contributed by atoms with Crippen LogP contribution >= 0.6 is 0 Å². The Bertz CT molecular complexity index is 1000. The molecule has 6 heteroatoms. The van der Waals surface area contributed by atoms with E-state index in [0.717, 1.165) is 41.4 Å². The smallest absolute Gasteiger partial charge is 0.333 e. The Morgan fingerprint density at radius 3 is 1.71 bits per heavy atom. The third kappa shape index (κ3) is 8.12. The fourth-order valence-electron chi connectivity index (χ4n) is 3.45. The van der Waals surface area contributed by atoms with Gasteiger partial charge < -0.3 is 24.1 Å². The van der Waals surface area contributed by atoms with Crippen LogP contribution in [-0.2, 0) is 16.0 Å². The molecule has 0 bridgehead atoms. The third-order valence-electron chi connectivity index (χ3n) is 5.36. The Morgan fingerprint density at radius 1 is 0.735 bits per heavy atom. The number of rotatable bonds is 13. The van der Waals surface area contributed by atoms with Crippen LogP contribution in [-0.4, -0.2) is 36.5 Å². The summed E-state index contributed by atoms with van der Waals surface area (Å²) in [4.78, 5) is 11.1. The summed E-state index contributed by atoms with van der Waals surface area (Å²) in [5.41, 5.74) is 0.886. The topological polar surface area (TPSA) is 74.2 Å². The molecule has 180 valence electrons. The van der Waals surface area contributed by atoms with Crippen LogP contribution in [0, 0.1) is 0 Å². The van der Waals surface area contributed by atoms with Crippen molar-refractivity contribution >= 4 is 5.97 Å². The molecule has 0 saturated heterocycles. The Hall–Kier alpha value is -3.51. The number of para-hydroxylation sites is 1. The van der Waals surface area contributed by atoms with E-state index in [9.17, 15) is 4.79 Å². The van der Waals surface area contributed by atoms with Crippen LogP contribution in [0.3, 0.4) is 0 Å². The molecule has 0 radical (unpaired) electrons. The maximum Gasteiger partial charge on any atom is 0.333 e. The van der Waals surface area contributed by atoms with E-state index in [0.29, 0.717) is 6.42 Å². The van der Waals surface area contributed by atoms with Crippen LogP contribution in [0.15, 0.2) is 78.9 Å². The molecule has 0 aliphatic rings. The first-order valence-corrected chi connectivity index (χ1v) is 11.4. The minimum absolute atomic E-state index is 0.0179. The Balaban J connectivity index is 1.40. The number of aliphatic carboxylic acids is 1. The first kappa shape index (κ1) is 25.1. The second-order valence-electron chi connectivity index (χ2n) is 8.23. The maximum atomic E-state index is 11.1. The van der Waals surface area contributed by atoms with E-state index < -0.39 is 12.1 Å². The number of carbonyl (C=O) groups is 1. The SMILES string of the molecule is CO[C@@H](Cc1ccc(O[C@H](C)CC[C@@H](C)Oc2ccc(Oc3ccccc3)cc2)cc1)C(=O)O. The molecular weight excluding hydrogens is 432 g/mol. The Labute approximate surface area is 201 Å². The number of benzene rings is 3. The second-order valence-corrected chi connectivity index (χ2v) is 8.23. The van der Waals surface area contributed by atoms with Gasteiger partial charge in [-0.15, -0.1) is 0 Å². The molecule has 6 nitrogen and oxygen atoms in total. The van der Waals surface area contributed by atoms with Crippen LogP contribution in [0.2, 0.25) is 0 Å². The van der Waals surface area contributed by atoms with Crippen molar-refractivity contribution in [3.05, 3.63) is 84.4 Å². The van der Waals surface area contributed by atoms with Gasteiger partial charge in [-0.2, -0.15) is 0 Å². The van der Waals surface area contributed by atoms with Gasteiger partial charge in [0, 0.05) is 13.5 Å². The predicted octanol–water partition coefficient (Wildman–Crippen LogP) is 6.14. The number of carboxylic acid groups (broad SMARTS) is 1. The van der Waals surface area contributed by atoms with Crippen molar-refractivity contribution < 1.29 is 28.8 Å². The van der Waals surface area contributed by atoms with E-state index in [2.05, 4.69) is 0 Å². The number of hydrogen-bond donors (Lipinski definition) is 1. The molecule has 1 N–H and O–H groups in total. The van der Waals surface area contributed by atoms with Gasteiger partial charge in [0.25, 0.3) is 0 Å². The van der Waals surface area contributed by atoms with Crippen molar-refractivity contribution in [2.24, 2.45) is 0 Å². The van der Waals surface area contributed by atoms with Gasteiger partial charge in [0.1, 0.15) is 23.0 Å². The molecule has 3 rings (SSSR count). The third-order valence-corrected chi connectivity index (χ3v) is 5.36. The zero-order valence-corrected chi connectivity index (χ0v) is 19.8. The molecule has 0 aliphatic heterocycles. The lowest BCUT2D eigenvalue weighted by Crippen LogP contribution is -2.24. The zero-order chi connectivity index (χ0) is 24.3. The quantitative estimate of drug-likeness (QED) is 0.328. The normalized spacial score (nSPS) is 13.5. The van der Waals surface area contributed by atoms with Crippen molar-refractivity contribution in [3.8, 4) is 23.0 Å². The molecule has 0 heterocycles. The number of carboxylic acids is 1. The van der Waals surface area contributed by atoms with Crippen LogP contribution < -0.4 is 14.2 Å². The second kappa shape index (κ2) is 12.7. The van der Waals surface area contributed by atoms with Gasteiger partial charge in [-0.05, 0) is 80.8 Å². The van der Waals surface area contributed by atoms with Gasteiger partial charge in [-0.25, -0.2) is 4.79 Å². The van der Waals surface area contributed by atoms with E-state index in [1.165, 1.54) is 7.11 Å². The first-order chi connectivity index (χ1) is 16.4. The van der Waals surface area contributed by atoms with Gasteiger partial charge in [0.2, 0.25) is 0 Å². The monoisotopic (exact) mass is 464 g/mol. The fraction of sp³-hybridized carbons (Fsp3) is 0.321. The minimum Gasteiger partial charge on any atom is -0.491 e. The van der Waals surface area contributed by atoms with E-state index in [1.54, 1.807) is 0 Å². The van der Waals surface area contributed by atoms with Gasteiger partial charge in [-0.1, -0.05) is 30.3 Å². The molecule has 0 spiro atoms. The van der Waals surface area contributed by atoms with Crippen molar-refractivity contribution in [3.63, 3.8) is 0 Å². The van der Waals surface area contributed by atoms with Crippen LogP contribution in [0.4, 0.5) is 0 Å². The lowest BCUT2D eigenvalue weighted by Gasteiger charge is -2.19. The van der Waals surface area contributed by atoms with Gasteiger partial charge in [0.15, 0.2) is 6.10 Å². The highest BCUT2D eigenvalue weighted by atomic mass is 16.5. The van der Waals surface area contributed by atoms with E-state index >= 15 is 0 Å². The Morgan fingerprint density at radius 2 is 1.21 bits per heavy atom. The predicted molar refractivity (Wildman–Crippen MR) is 131 cm³/mol. The molecule has 0 aliphatic carbocycles. The average Bonchev–Trinajstić information content (AvgIpc) is 2.84. The molecule has 0 saturated carbocycles. The average molecular weight is 465 g/mol. The molecule has 0 unspecified atom stereocenters. The highest BCUT2D eigenvalue weighted by Crippen LogP contribution is 2.25. The molecule has 0 amide bonds. The summed E-state index contributed by atoms with van der Waals surface area (Å²) in [5, 5.41) is 9.11. The molecular formula is C28H32O6. The highest BCUT2D eigenvalue weighted by Gasteiger charge is 2.17. The van der Waals surface area contributed by atoms with Crippen molar-refractivity contribution in [2.75, 3.05) is 7.11 Å². The molecule has 0 fully saturated rings. The number of ether oxygens (including phenoxy) is 4. The standard InChI is InChI=1S/C28H32O6/c1-20(32-24-13-11-22(12-14-24)19-27(31-3)28(29)30)9-10-21(2)33-25-15-17-26(18-16-25)34-23-7-5-4-6-8-23/h4-8,11-18,20-21,27H,9-10,19H2,1-3H3,(H,29,30)/t20-,21-,27+/m1/s1. The first-order valence-electron chi connectivity index (χ1n) is 11.4. The minimum atomic E-state index is -0.968. The fourth-order valence-corrected chi connectivity index (χ4v) is 3.45. The number of methoxy groups -OCH3 is 1. The summed E-state index contributed by atoms with van der Waals surface area (Å²) < 4.78 is 22.8. The summed E-state index contributed by atoms with van der Waals surface area (Å²) in [6, 6.07) is 24.7. The van der Waals surface area contributed by atoms with Crippen LogP contribution in [0.25, 0.3) is 0 Å². The largest absolute Gasteiger partial charge is 0.491 e. The Kier molecular flexibility index (Phi) is 9.35. The van der Waals surface area contributed by atoms with Gasteiger partial charge in [0.05, 0.1) is 12.2 Å². The van der Waals surface area contributed by atoms with Crippen molar-refractivity contribution in [1.29, 1.82) is 0 Å². The lowest BCUT2D eigenvalue weighted by atomic mass is 10.1. The van der Waals surface area contributed by atoms with Crippen LogP contribution in [0.1, 0.15) is 32.3 Å². The summed E-state index contributed by atoms with van der Waals surface area (Å²) in [6.45, 7) is 4.08. The molecule has 3 aromatic carbocycles. The van der Waals surface area contributed by atoms with E-state index in [-0.39, 0.29) is 12.2 Å². The maximum absolute atomic E-state index is 11.1. The van der Waals surface area contributed by atoms with Crippen LogP contribution in [0.5, 0.6) is 23.0 Å². The highest BCUT2D eigenvalue weighted by molar-refractivity contribution is 5.72. The van der Waals surface area contributed by atoms with E-state index in [4.69, 9.17) is 24.1 Å². The molecule has 3 aromatic rings. The number of hydrogen-bond acceptors (Lipinski definition) is 5. The summed E-state index contributed by atoms with van der Waals surface area (Å²) >= 11 is 0. The van der Waals surface area contributed by atoms with Gasteiger partial charge in [-0.3, -0.25) is 0 Å². The van der Waals surface area contributed by atoms with Crippen molar-refractivity contribution in [1.82, 2.24) is 0 Å². The van der Waals surface area contributed by atoms with Crippen molar-refractivity contribution in [2.45, 2.75) is 51.4 Å². The summed E-state index contributed by atoms with van der Waals surface area (Å²) in [7, 11) is 1.40. The molecule has 34 heavy (non-hydrogen) atoms. The molecule has 0 aromatic heterocycles. The lowest BCUT2D eigenvalue weighted by molar-refractivity contribution is -0.148. The van der Waals surface area contributed by atoms with Gasteiger partial charge >= 0.3 is 5.97 Å². The molecule has 3 atom stereocenters.